The first-order valence-corrected chi connectivity index (χ1v) is 40.9. The summed E-state index contributed by atoms with van der Waals surface area (Å²) in [5, 5.41) is 4.49. The summed E-state index contributed by atoms with van der Waals surface area (Å²) in [7, 11) is 0. The number of nitrogens with zero attached hydrogens (tertiary/aromatic N) is 2. The van der Waals surface area contributed by atoms with Crippen molar-refractivity contribution in [1.29, 1.82) is 0 Å². The lowest BCUT2D eigenvalue weighted by Gasteiger charge is -2.27. The molecule has 6 aromatic rings. The van der Waals surface area contributed by atoms with E-state index < -0.39 is 11.1 Å². The SMILES string of the molecule is CCCCCCCCCCCCC1CCCCCCCCCCC(C)(N)c2ccc(s2)C2=c3cc4c(cc3N(CC(CCCCCCCCCC)CCCCCCCCCCCC)C2=O)=C(c2ccc(-c3cc5ccc6cc(C(C)(C)N)sc6c5s3)s2)C(=O)N4C1. The van der Waals surface area contributed by atoms with Gasteiger partial charge in [0.05, 0.1) is 31.9 Å². The molecule has 9 rings (SSSR count). The van der Waals surface area contributed by atoms with E-state index in [1.54, 1.807) is 22.7 Å². The Morgan fingerprint density at radius 2 is 0.978 bits per heavy atom. The third kappa shape index (κ3) is 20.0. The van der Waals surface area contributed by atoms with Crippen LogP contribution < -0.4 is 31.7 Å². The molecule has 3 atom stereocenters. The van der Waals surface area contributed by atoms with Crippen LogP contribution in [-0.4, -0.2) is 24.9 Å². The number of benzene rings is 2. The molecule has 0 radical (unpaired) electrons. The van der Waals surface area contributed by atoms with E-state index in [0.29, 0.717) is 24.9 Å². The minimum Gasteiger partial charge on any atom is -0.321 e. The lowest BCUT2D eigenvalue weighted by Crippen LogP contribution is -2.35. The smallest absolute Gasteiger partial charge is 0.260 e. The van der Waals surface area contributed by atoms with Gasteiger partial charge in [-0.05, 0) is 124 Å². The van der Waals surface area contributed by atoms with Crippen LogP contribution in [0.3, 0.4) is 0 Å². The second-order valence-corrected chi connectivity index (χ2v) is 33.6. The van der Waals surface area contributed by atoms with Crippen LogP contribution >= 0.6 is 45.3 Å². The Morgan fingerprint density at radius 3 is 1.57 bits per heavy atom. The zero-order valence-corrected chi connectivity index (χ0v) is 61.1. The van der Waals surface area contributed by atoms with Crippen LogP contribution in [0.2, 0.25) is 0 Å². The van der Waals surface area contributed by atoms with Crippen molar-refractivity contribution in [3.05, 3.63) is 90.6 Å². The zero-order valence-electron chi connectivity index (χ0n) is 57.8. The number of amides is 2. The summed E-state index contributed by atoms with van der Waals surface area (Å²) in [6.45, 7) is 14.7. The third-order valence-electron chi connectivity index (χ3n) is 20.8. The molecule has 4 N–H and O–H groups in total. The first kappa shape index (κ1) is 71.6. The van der Waals surface area contributed by atoms with E-state index in [9.17, 15) is 0 Å². The Balaban J connectivity index is 1.10. The Morgan fingerprint density at radius 1 is 0.505 bits per heavy atom. The lowest BCUT2D eigenvalue weighted by molar-refractivity contribution is -0.114. The highest BCUT2D eigenvalue weighted by molar-refractivity contribution is 7.30. The van der Waals surface area contributed by atoms with Gasteiger partial charge in [0.2, 0.25) is 0 Å². The van der Waals surface area contributed by atoms with Crippen molar-refractivity contribution in [2.45, 2.75) is 316 Å². The molecule has 4 aromatic heterocycles. The Bertz CT molecular complexity index is 3330. The molecular formula is C81H120N4O2S4. The zero-order chi connectivity index (χ0) is 64.0. The fourth-order valence-electron chi connectivity index (χ4n) is 15.1. The molecule has 0 saturated carbocycles. The van der Waals surface area contributed by atoms with Gasteiger partial charge in [0.25, 0.3) is 11.8 Å². The highest BCUT2D eigenvalue weighted by Gasteiger charge is 2.39. The van der Waals surface area contributed by atoms with E-state index in [-0.39, 0.29) is 11.8 Å². The van der Waals surface area contributed by atoms with Crippen LogP contribution in [0.1, 0.15) is 324 Å². The maximum absolute atomic E-state index is 16.1. The number of rotatable bonds is 36. The summed E-state index contributed by atoms with van der Waals surface area (Å²) in [4.78, 5) is 43.2. The van der Waals surface area contributed by atoms with Gasteiger partial charge in [-0.1, -0.05) is 264 Å². The van der Waals surface area contributed by atoms with Gasteiger partial charge >= 0.3 is 0 Å². The number of unbranched alkanes of at least 4 members (excludes halogenated alkanes) is 25. The summed E-state index contributed by atoms with van der Waals surface area (Å²) >= 11 is 7.18. The molecule has 3 unspecified atom stereocenters. The number of hydrogen-bond acceptors (Lipinski definition) is 8. The summed E-state index contributed by atoms with van der Waals surface area (Å²) in [6.07, 6.45) is 52.3. The number of thiophene rings is 4. The van der Waals surface area contributed by atoms with Crippen molar-refractivity contribution in [2.75, 3.05) is 22.9 Å². The number of carbonyl (C=O) groups excluding carboxylic acids is 2. The molecule has 0 fully saturated rings. The number of anilines is 2. The van der Waals surface area contributed by atoms with Gasteiger partial charge in [-0.15, -0.1) is 45.3 Å². The summed E-state index contributed by atoms with van der Waals surface area (Å²) < 4.78 is 2.60. The van der Waals surface area contributed by atoms with Crippen molar-refractivity contribution >= 4 is 99.9 Å². The van der Waals surface area contributed by atoms with Crippen LogP contribution in [0.5, 0.6) is 0 Å². The normalized spacial score (nSPS) is 18.2. The van der Waals surface area contributed by atoms with Crippen molar-refractivity contribution in [2.24, 2.45) is 23.3 Å². The fraction of sp³-hybridized carbons (Fsp3) is 0.654. The average molecular weight is 1310 g/mol. The molecule has 10 heteroatoms. The van der Waals surface area contributed by atoms with E-state index in [4.69, 9.17) is 11.5 Å². The van der Waals surface area contributed by atoms with Gasteiger partial charge in [0.1, 0.15) is 0 Å². The molecule has 4 bridgehead atoms. The van der Waals surface area contributed by atoms with Crippen LogP contribution in [0.15, 0.2) is 60.7 Å². The van der Waals surface area contributed by atoms with Gasteiger partial charge in [0.15, 0.2) is 0 Å². The van der Waals surface area contributed by atoms with Gasteiger partial charge < -0.3 is 21.3 Å². The molecule has 0 spiro atoms. The van der Waals surface area contributed by atoms with Crippen molar-refractivity contribution in [3.8, 4) is 9.75 Å². The Kier molecular flexibility index (Phi) is 28.7. The number of nitrogens with two attached hydrogens (primary N) is 2. The molecule has 500 valence electrons. The van der Waals surface area contributed by atoms with E-state index in [0.717, 1.165) is 86.1 Å². The predicted molar refractivity (Wildman–Crippen MR) is 402 cm³/mol. The molecule has 7 heterocycles. The number of fused-ring (bicyclic) bond motifs is 6. The van der Waals surface area contributed by atoms with Gasteiger partial charge in [-0.2, -0.15) is 0 Å². The fourth-order valence-corrected chi connectivity index (χ4v) is 19.8. The number of hydrogen-bond donors (Lipinski definition) is 2. The Hall–Kier alpha value is -3.64. The maximum Gasteiger partial charge on any atom is 0.260 e. The topological polar surface area (TPSA) is 92.7 Å². The van der Waals surface area contributed by atoms with E-state index in [1.807, 2.05) is 22.7 Å². The Labute approximate surface area is 567 Å². The number of carbonyl (C=O) groups is 2. The van der Waals surface area contributed by atoms with Gasteiger partial charge in [-0.3, -0.25) is 9.59 Å². The minimum absolute atomic E-state index is 0.122. The third-order valence-corrected chi connectivity index (χ3v) is 26.3. The summed E-state index contributed by atoms with van der Waals surface area (Å²) in [6, 6.07) is 22.7. The molecular weight excluding hydrogens is 1190 g/mol. The second kappa shape index (κ2) is 36.5. The monoisotopic (exact) mass is 1310 g/mol. The molecule has 3 aliphatic heterocycles. The van der Waals surface area contributed by atoms with E-state index in [1.165, 1.54) is 260 Å². The van der Waals surface area contributed by atoms with Gasteiger partial charge in [0, 0.05) is 63.9 Å². The van der Waals surface area contributed by atoms with Crippen LogP contribution in [0.4, 0.5) is 11.4 Å². The highest BCUT2D eigenvalue weighted by atomic mass is 32.1. The predicted octanol–water partition coefficient (Wildman–Crippen LogP) is 23.7. The minimum atomic E-state index is -0.479. The molecule has 0 saturated heterocycles. The lowest BCUT2D eigenvalue weighted by atomic mass is 9.92. The van der Waals surface area contributed by atoms with E-state index >= 15 is 9.59 Å². The van der Waals surface area contributed by atoms with Crippen molar-refractivity contribution in [1.82, 2.24) is 0 Å². The first-order chi connectivity index (χ1) is 44.3. The maximum atomic E-state index is 16.1. The summed E-state index contributed by atoms with van der Waals surface area (Å²) in [5.74, 6) is 1.04. The molecule has 91 heavy (non-hydrogen) atoms. The highest BCUT2D eigenvalue weighted by Crippen LogP contribution is 2.46. The summed E-state index contributed by atoms with van der Waals surface area (Å²) in [5.41, 5.74) is 16.7. The molecule has 0 aliphatic carbocycles. The van der Waals surface area contributed by atoms with Crippen LogP contribution in [0.25, 0.3) is 41.1 Å². The van der Waals surface area contributed by atoms with Crippen LogP contribution in [0, 0.1) is 11.8 Å². The van der Waals surface area contributed by atoms with Gasteiger partial charge in [-0.25, -0.2) is 0 Å². The molecule has 3 aliphatic rings. The molecule has 6 nitrogen and oxygen atoms in total. The van der Waals surface area contributed by atoms with Crippen molar-refractivity contribution < 1.29 is 9.59 Å². The molecule has 2 aromatic carbocycles. The molecule has 2 amide bonds. The van der Waals surface area contributed by atoms with E-state index in [2.05, 4.69) is 112 Å². The van der Waals surface area contributed by atoms with Crippen molar-refractivity contribution in [3.63, 3.8) is 0 Å². The standard InChI is InChI=1S/C81H120N4O2S4/c1-7-10-13-16-19-22-24-29-34-39-44-60-45-41-36-31-26-27-32-37-42-53-81(6,83)72-52-51-70(89-72)75-65-57-66-64(56-67(65)85(79(75)87)59-61(43-38-33-28-21-18-15-12-9-3)46-40-35-30-25-23-20-17-14-11-8-2)74(78(86)84(66)58-60)69-50-49-68(88-69)71-54-62-47-48-63-55-73(80(4,5)82)91-77(63)76(62)90-71/h47-52,54-57,60-61H,7-46,53,58-59,82-83H2,1-6H3. The first-order valence-electron chi connectivity index (χ1n) is 37.6. The second-order valence-electron chi connectivity index (χ2n) is 29.4. The van der Waals surface area contributed by atoms with Crippen LogP contribution in [-0.2, 0) is 20.7 Å². The average Bonchev–Trinajstić information content (AvgIpc) is 1.59. The quantitative estimate of drug-likeness (QED) is 0.0383. The largest absolute Gasteiger partial charge is 0.321 e.